The quantitative estimate of drug-likeness (QED) is 0.818. The molecule has 1 aromatic carbocycles. The van der Waals surface area contributed by atoms with Crippen LogP contribution in [0.15, 0.2) is 36.7 Å². The summed E-state index contributed by atoms with van der Waals surface area (Å²) in [4.78, 5) is 4.15. The van der Waals surface area contributed by atoms with E-state index in [1.807, 2.05) is 6.07 Å². The van der Waals surface area contributed by atoms with Gasteiger partial charge in [0.2, 0.25) is 0 Å². The minimum atomic E-state index is 0.486. The molecule has 0 unspecified atom stereocenters. The lowest BCUT2D eigenvalue weighted by Gasteiger charge is -2.13. The molecule has 0 bridgehead atoms. The molecule has 0 atom stereocenters. The first kappa shape index (κ1) is 16.1. The predicted molar refractivity (Wildman–Crippen MR) is 87.3 cm³/mol. The third kappa shape index (κ3) is 4.88. The molecule has 0 spiro atoms. The normalized spacial score (nSPS) is 10.9. The maximum absolute atomic E-state index is 6.14. The number of ether oxygens (including phenoxy) is 1. The van der Waals surface area contributed by atoms with Gasteiger partial charge in [-0.3, -0.25) is 4.98 Å². The number of nitrogens with one attached hydrogen (secondary N) is 1. The molecule has 0 saturated heterocycles. The highest BCUT2D eigenvalue weighted by molar-refractivity contribution is 6.35. The fourth-order valence-corrected chi connectivity index (χ4v) is 2.27. The van der Waals surface area contributed by atoms with Crippen LogP contribution in [0.2, 0.25) is 10.0 Å². The van der Waals surface area contributed by atoms with E-state index < -0.39 is 0 Å². The Hall–Kier alpha value is -1.29. The molecule has 0 aliphatic carbocycles. The van der Waals surface area contributed by atoms with E-state index in [1.165, 1.54) is 0 Å². The van der Waals surface area contributed by atoms with Crippen molar-refractivity contribution in [1.82, 2.24) is 10.3 Å². The molecule has 5 heteroatoms. The molecule has 1 N–H and O–H groups in total. The van der Waals surface area contributed by atoms with Crippen LogP contribution in [0.4, 0.5) is 0 Å². The maximum Gasteiger partial charge on any atom is 0.146 e. The molecule has 3 nitrogen and oxygen atoms in total. The highest BCUT2D eigenvalue weighted by Gasteiger charge is 2.08. The molecular formula is C16H18Cl2N2O. The summed E-state index contributed by atoms with van der Waals surface area (Å²) in [5.74, 6) is 1.92. The molecule has 1 heterocycles. The van der Waals surface area contributed by atoms with Crippen LogP contribution in [0.5, 0.6) is 11.5 Å². The molecule has 0 fully saturated rings. The first-order valence-electron chi connectivity index (χ1n) is 6.82. The van der Waals surface area contributed by atoms with Crippen LogP contribution in [0, 0.1) is 5.92 Å². The Kier molecular flexibility index (Phi) is 5.85. The molecular weight excluding hydrogens is 307 g/mol. The Balaban J connectivity index is 2.12. The van der Waals surface area contributed by atoms with Crippen LogP contribution in [0.1, 0.15) is 19.4 Å². The Morgan fingerprint density at radius 2 is 2.00 bits per heavy atom. The smallest absolute Gasteiger partial charge is 0.146 e. The van der Waals surface area contributed by atoms with E-state index in [2.05, 4.69) is 24.1 Å². The predicted octanol–water partition coefficient (Wildman–Crippen LogP) is 4.93. The molecule has 0 aliphatic heterocycles. The van der Waals surface area contributed by atoms with Crippen LogP contribution < -0.4 is 10.1 Å². The van der Waals surface area contributed by atoms with Gasteiger partial charge in [0.15, 0.2) is 0 Å². The number of rotatable bonds is 6. The van der Waals surface area contributed by atoms with Crippen LogP contribution in [-0.4, -0.2) is 11.5 Å². The summed E-state index contributed by atoms with van der Waals surface area (Å²) in [6, 6.07) is 7.00. The molecule has 0 saturated carbocycles. The van der Waals surface area contributed by atoms with Crippen molar-refractivity contribution in [3.05, 3.63) is 52.3 Å². The van der Waals surface area contributed by atoms with Crippen LogP contribution >= 0.6 is 23.2 Å². The van der Waals surface area contributed by atoms with Gasteiger partial charge >= 0.3 is 0 Å². The summed E-state index contributed by atoms with van der Waals surface area (Å²) in [6.45, 7) is 5.98. The maximum atomic E-state index is 6.14. The summed E-state index contributed by atoms with van der Waals surface area (Å²) >= 11 is 12.0. The number of benzene rings is 1. The van der Waals surface area contributed by atoms with Gasteiger partial charge in [-0.15, -0.1) is 0 Å². The second-order valence-electron chi connectivity index (χ2n) is 5.18. The average molecular weight is 325 g/mol. The number of halogens is 2. The zero-order valence-electron chi connectivity index (χ0n) is 12.1. The third-order valence-corrected chi connectivity index (χ3v) is 3.37. The van der Waals surface area contributed by atoms with Gasteiger partial charge in [-0.1, -0.05) is 37.0 Å². The minimum Gasteiger partial charge on any atom is -0.455 e. The number of aromatic nitrogens is 1. The van der Waals surface area contributed by atoms with Gasteiger partial charge in [-0.05, 0) is 36.7 Å². The third-order valence-electron chi connectivity index (χ3n) is 2.84. The number of pyridine rings is 1. The number of nitrogens with zero attached hydrogens (tertiary/aromatic N) is 1. The lowest BCUT2D eigenvalue weighted by atomic mass is 10.2. The molecule has 0 amide bonds. The highest BCUT2D eigenvalue weighted by Crippen LogP contribution is 2.32. The largest absolute Gasteiger partial charge is 0.455 e. The summed E-state index contributed by atoms with van der Waals surface area (Å²) in [5, 5.41) is 4.45. The van der Waals surface area contributed by atoms with E-state index in [1.54, 1.807) is 30.6 Å². The van der Waals surface area contributed by atoms with Gasteiger partial charge in [0.25, 0.3) is 0 Å². The van der Waals surface area contributed by atoms with Crippen molar-refractivity contribution in [2.45, 2.75) is 20.4 Å². The first-order valence-corrected chi connectivity index (χ1v) is 7.58. The molecule has 1 aromatic heterocycles. The second kappa shape index (κ2) is 7.64. The summed E-state index contributed by atoms with van der Waals surface area (Å²) in [6.07, 6.45) is 3.50. The Morgan fingerprint density at radius 3 is 2.71 bits per heavy atom. The van der Waals surface area contributed by atoms with Gasteiger partial charge in [0, 0.05) is 29.5 Å². The van der Waals surface area contributed by atoms with Crippen molar-refractivity contribution in [3.63, 3.8) is 0 Å². The number of hydrogen-bond donors (Lipinski definition) is 1. The molecule has 2 aromatic rings. The molecule has 0 radical (unpaired) electrons. The summed E-state index contributed by atoms with van der Waals surface area (Å²) in [7, 11) is 0. The van der Waals surface area contributed by atoms with E-state index in [4.69, 9.17) is 27.9 Å². The summed E-state index contributed by atoms with van der Waals surface area (Å²) in [5.41, 5.74) is 0.990. The Morgan fingerprint density at radius 1 is 1.19 bits per heavy atom. The molecule has 0 aliphatic rings. The zero-order chi connectivity index (χ0) is 15.2. The van der Waals surface area contributed by atoms with Gasteiger partial charge in [0.1, 0.15) is 11.5 Å². The second-order valence-corrected chi connectivity index (χ2v) is 6.03. The van der Waals surface area contributed by atoms with E-state index in [0.717, 1.165) is 17.9 Å². The van der Waals surface area contributed by atoms with Gasteiger partial charge < -0.3 is 10.1 Å². The minimum absolute atomic E-state index is 0.486. The molecule has 2 rings (SSSR count). The van der Waals surface area contributed by atoms with Crippen molar-refractivity contribution in [2.75, 3.05) is 6.54 Å². The standard InChI is InChI=1S/C16H18Cl2N2O/c1-11(2)8-20-10-12-9-19-6-5-15(12)21-16-4-3-13(17)7-14(16)18/h3-7,9,11,20H,8,10H2,1-2H3. The van der Waals surface area contributed by atoms with E-state index >= 15 is 0 Å². The van der Waals surface area contributed by atoms with Gasteiger partial charge in [-0.2, -0.15) is 0 Å². The van der Waals surface area contributed by atoms with Crippen molar-refractivity contribution < 1.29 is 4.74 Å². The van der Waals surface area contributed by atoms with E-state index in [-0.39, 0.29) is 0 Å². The van der Waals surface area contributed by atoms with Crippen LogP contribution in [-0.2, 0) is 6.54 Å². The first-order chi connectivity index (χ1) is 10.1. The lowest BCUT2D eigenvalue weighted by Crippen LogP contribution is -2.19. The molecule has 21 heavy (non-hydrogen) atoms. The van der Waals surface area contributed by atoms with Crippen molar-refractivity contribution in [2.24, 2.45) is 5.92 Å². The monoisotopic (exact) mass is 324 g/mol. The van der Waals surface area contributed by atoms with E-state index in [9.17, 15) is 0 Å². The lowest BCUT2D eigenvalue weighted by molar-refractivity contribution is 0.468. The Labute approximate surface area is 135 Å². The summed E-state index contributed by atoms with van der Waals surface area (Å²) < 4.78 is 5.88. The van der Waals surface area contributed by atoms with Crippen LogP contribution in [0.25, 0.3) is 0 Å². The van der Waals surface area contributed by atoms with Crippen LogP contribution in [0.3, 0.4) is 0 Å². The SMILES string of the molecule is CC(C)CNCc1cnccc1Oc1ccc(Cl)cc1Cl. The van der Waals surface area contributed by atoms with Crippen molar-refractivity contribution in [1.29, 1.82) is 0 Å². The average Bonchev–Trinajstić information content (AvgIpc) is 2.43. The highest BCUT2D eigenvalue weighted by atomic mass is 35.5. The zero-order valence-corrected chi connectivity index (χ0v) is 13.6. The molecule has 112 valence electrons. The van der Waals surface area contributed by atoms with Gasteiger partial charge in [0.05, 0.1) is 5.02 Å². The van der Waals surface area contributed by atoms with E-state index in [0.29, 0.717) is 28.3 Å². The van der Waals surface area contributed by atoms with Crippen molar-refractivity contribution in [3.8, 4) is 11.5 Å². The Bertz CT molecular complexity index is 603. The van der Waals surface area contributed by atoms with Crippen molar-refractivity contribution >= 4 is 23.2 Å². The fraction of sp³-hybridized carbons (Fsp3) is 0.312. The topological polar surface area (TPSA) is 34.2 Å². The van der Waals surface area contributed by atoms with Gasteiger partial charge in [-0.25, -0.2) is 0 Å². The fourth-order valence-electron chi connectivity index (χ4n) is 1.82. The number of hydrogen-bond acceptors (Lipinski definition) is 3.